The molecule has 8 nitrogen and oxygen atoms in total. The molecular weight excluding hydrogens is 421 g/mol. The van der Waals surface area contributed by atoms with Crippen molar-refractivity contribution >= 4 is 34.0 Å². The lowest BCUT2D eigenvalue weighted by molar-refractivity contribution is 0.0636. The fourth-order valence-corrected chi connectivity index (χ4v) is 3.56. The molecule has 3 rings (SSSR count). The van der Waals surface area contributed by atoms with Crippen molar-refractivity contribution in [2.75, 3.05) is 10.6 Å². The maximum absolute atomic E-state index is 14.3. The normalized spacial score (nSPS) is 11.5. The highest BCUT2D eigenvalue weighted by Crippen LogP contribution is 2.34. The summed E-state index contributed by atoms with van der Waals surface area (Å²) in [7, 11) is 0. The number of carbonyl (C=O) groups is 2. The Morgan fingerprint density at radius 3 is 2.52 bits per heavy atom. The molecule has 3 aromatic rings. The fraction of sp³-hybridized carbons (Fsp3) is 0.333. The number of ether oxygens (including phenoxy) is 1. The van der Waals surface area contributed by atoms with Gasteiger partial charge in [0.05, 0.1) is 11.9 Å². The Labute approximate surface area is 183 Å². The maximum atomic E-state index is 14.3. The summed E-state index contributed by atoms with van der Waals surface area (Å²) >= 11 is 0.985. The molecule has 2 amide bonds. The number of amides is 2. The number of carbonyl (C=O) groups excluding carboxylic acids is 2. The van der Waals surface area contributed by atoms with Crippen LogP contribution in [0.1, 0.15) is 51.1 Å². The van der Waals surface area contributed by atoms with Gasteiger partial charge in [-0.2, -0.15) is 5.10 Å². The Hall–Kier alpha value is -3.27. The molecule has 0 saturated carbocycles. The number of benzene rings is 1. The first-order valence-corrected chi connectivity index (χ1v) is 10.5. The second-order valence-corrected chi connectivity index (χ2v) is 9.06. The van der Waals surface area contributed by atoms with E-state index in [9.17, 15) is 14.0 Å². The molecule has 0 spiro atoms. The van der Waals surface area contributed by atoms with Crippen molar-refractivity contribution in [1.82, 2.24) is 14.8 Å². The molecule has 164 valence electrons. The summed E-state index contributed by atoms with van der Waals surface area (Å²) in [5.74, 6) is -1.04. The van der Waals surface area contributed by atoms with E-state index in [1.54, 1.807) is 49.8 Å². The van der Waals surface area contributed by atoms with Crippen molar-refractivity contribution < 1.29 is 18.7 Å². The van der Waals surface area contributed by atoms with Crippen LogP contribution in [-0.2, 0) is 4.74 Å². The third-order valence-electron chi connectivity index (χ3n) is 3.95. The minimum atomic E-state index is -0.738. The largest absolute Gasteiger partial charge is 0.444 e. The van der Waals surface area contributed by atoms with E-state index in [2.05, 4.69) is 20.7 Å². The molecule has 2 heterocycles. The molecule has 2 N–H and O–H groups in total. The van der Waals surface area contributed by atoms with Crippen molar-refractivity contribution in [3.8, 4) is 10.6 Å². The van der Waals surface area contributed by atoms with Gasteiger partial charge < -0.3 is 10.1 Å². The molecule has 1 aromatic carbocycles. The van der Waals surface area contributed by atoms with Crippen molar-refractivity contribution in [3.63, 3.8) is 0 Å². The van der Waals surface area contributed by atoms with Gasteiger partial charge >= 0.3 is 6.09 Å². The van der Waals surface area contributed by atoms with E-state index in [4.69, 9.17) is 4.74 Å². The summed E-state index contributed by atoms with van der Waals surface area (Å²) in [6.45, 7) is 9.10. The summed E-state index contributed by atoms with van der Waals surface area (Å²) in [6.07, 6.45) is 2.47. The second kappa shape index (κ2) is 8.84. The quantitative estimate of drug-likeness (QED) is 0.553. The molecule has 0 fully saturated rings. The van der Waals surface area contributed by atoms with Gasteiger partial charge in [-0.25, -0.2) is 14.2 Å². The van der Waals surface area contributed by atoms with Crippen LogP contribution in [0.3, 0.4) is 0 Å². The van der Waals surface area contributed by atoms with Crippen LogP contribution in [0.4, 0.5) is 19.9 Å². The number of thiazole rings is 1. The topological polar surface area (TPSA) is 98.1 Å². The summed E-state index contributed by atoms with van der Waals surface area (Å²) in [6, 6.07) is 6.21. The van der Waals surface area contributed by atoms with Crippen molar-refractivity contribution in [2.45, 2.75) is 46.3 Å². The van der Waals surface area contributed by atoms with Crippen LogP contribution in [0.25, 0.3) is 10.6 Å². The predicted molar refractivity (Wildman–Crippen MR) is 118 cm³/mol. The van der Waals surface area contributed by atoms with Crippen LogP contribution in [-0.4, -0.2) is 32.4 Å². The third kappa shape index (κ3) is 5.66. The highest BCUT2D eigenvalue weighted by Gasteiger charge is 2.24. The molecule has 31 heavy (non-hydrogen) atoms. The van der Waals surface area contributed by atoms with Crippen LogP contribution in [0, 0.1) is 5.82 Å². The zero-order valence-corrected chi connectivity index (χ0v) is 18.7. The van der Waals surface area contributed by atoms with E-state index < -0.39 is 23.4 Å². The van der Waals surface area contributed by atoms with Crippen molar-refractivity contribution in [1.29, 1.82) is 0 Å². The number of halogens is 1. The highest BCUT2D eigenvalue weighted by atomic mass is 32.1. The SMILES string of the molecule is CC(C)n1cc(NC(=O)c2nc(-c3ccccc3F)sc2NC(=O)OC(C)(C)C)cn1. The minimum Gasteiger partial charge on any atom is -0.444 e. The third-order valence-corrected chi connectivity index (χ3v) is 4.95. The van der Waals surface area contributed by atoms with E-state index in [0.29, 0.717) is 5.69 Å². The Morgan fingerprint density at radius 1 is 1.19 bits per heavy atom. The van der Waals surface area contributed by atoms with Crippen molar-refractivity contribution in [3.05, 3.63) is 48.2 Å². The van der Waals surface area contributed by atoms with Gasteiger partial charge in [0.15, 0.2) is 5.69 Å². The number of anilines is 2. The lowest BCUT2D eigenvalue weighted by atomic mass is 10.2. The van der Waals surface area contributed by atoms with Gasteiger partial charge in [0.2, 0.25) is 0 Å². The summed E-state index contributed by atoms with van der Waals surface area (Å²) in [4.78, 5) is 29.5. The maximum Gasteiger partial charge on any atom is 0.412 e. The van der Waals surface area contributed by atoms with Crippen LogP contribution < -0.4 is 10.6 Å². The molecule has 0 bridgehead atoms. The lowest BCUT2D eigenvalue weighted by Gasteiger charge is -2.19. The average Bonchev–Trinajstić information content (AvgIpc) is 3.28. The number of aromatic nitrogens is 3. The summed E-state index contributed by atoms with van der Waals surface area (Å²) in [5.41, 5.74) is -0.0723. The Morgan fingerprint density at radius 2 is 1.90 bits per heavy atom. The average molecular weight is 446 g/mol. The summed E-state index contributed by atoms with van der Waals surface area (Å²) < 4.78 is 21.2. The van der Waals surface area contributed by atoms with Crippen LogP contribution in [0.15, 0.2) is 36.7 Å². The first kappa shape index (κ1) is 22.4. The molecule has 0 aliphatic heterocycles. The monoisotopic (exact) mass is 445 g/mol. The van der Waals surface area contributed by atoms with Gasteiger partial charge in [-0.15, -0.1) is 0 Å². The molecular formula is C21H24FN5O3S. The molecule has 10 heteroatoms. The Balaban J connectivity index is 1.92. The molecule has 0 aliphatic rings. The lowest BCUT2D eigenvalue weighted by Crippen LogP contribution is -2.27. The summed E-state index contributed by atoms with van der Waals surface area (Å²) in [5, 5.41) is 9.86. The van der Waals surface area contributed by atoms with Gasteiger partial charge in [-0.05, 0) is 46.8 Å². The number of nitrogens with one attached hydrogen (secondary N) is 2. The zero-order chi connectivity index (χ0) is 22.8. The number of rotatable bonds is 5. The van der Waals surface area contributed by atoms with Gasteiger partial charge in [-0.3, -0.25) is 14.8 Å². The van der Waals surface area contributed by atoms with Crippen molar-refractivity contribution in [2.24, 2.45) is 0 Å². The van der Waals surface area contributed by atoms with E-state index in [-0.39, 0.29) is 27.3 Å². The molecule has 0 saturated heterocycles. The minimum absolute atomic E-state index is 0.0496. The molecule has 0 unspecified atom stereocenters. The van der Waals surface area contributed by atoms with Gasteiger partial charge in [0.1, 0.15) is 21.4 Å². The fourth-order valence-electron chi connectivity index (χ4n) is 2.58. The van der Waals surface area contributed by atoms with Gasteiger partial charge in [0, 0.05) is 17.8 Å². The van der Waals surface area contributed by atoms with E-state index in [0.717, 1.165) is 11.3 Å². The predicted octanol–water partition coefficient (Wildman–Crippen LogP) is 5.33. The molecule has 2 aromatic heterocycles. The van der Waals surface area contributed by atoms with E-state index in [1.165, 1.54) is 12.3 Å². The first-order valence-electron chi connectivity index (χ1n) is 9.64. The molecule has 0 atom stereocenters. The number of hydrogen-bond acceptors (Lipinski definition) is 6. The number of hydrogen-bond donors (Lipinski definition) is 2. The Kier molecular flexibility index (Phi) is 6.40. The molecule has 0 radical (unpaired) electrons. The van der Waals surface area contributed by atoms with E-state index >= 15 is 0 Å². The van der Waals surface area contributed by atoms with Crippen LogP contribution in [0.2, 0.25) is 0 Å². The van der Waals surface area contributed by atoms with Crippen LogP contribution >= 0.6 is 11.3 Å². The first-order chi connectivity index (χ1) is 14.5. The van der Waals surface area contributed by atoms with Gasteiger partial charge in [-0.1, -0.05) is 23.5 Å². The Bertz CT molecular complexity index is 1100. The van der Waals surface area contributed by atoms with E-state index in [1.807, 2.05) is 13.8 Å². The number of nitrogens with zero attached hydrogens (tertiary/aromatic N) is 3. The smallest absolute Gasteiger partial charge is 0.412 e. The zero-order valence-electron chi connectivity index (χ0n) is 17.9. The second-order valence-electron chi connectivity index (χ2n) is 8.06. The highest BCUT2D eigenvalue weighted by molar-refractivity contribution is 7.19. The standard InChI is InChI=1S/C21H24FN5O3S/c1-12(2)27-11-13(10-23-27)24-17(28)16-19(26-20(29)30-21(3,4)5)31-18(25-16)14-8-6-7-9-15(14)22/h6-12H,1-5H3,(H,24,28)(H,26,29). The van der Waals surface area contributed by atoms with Gasteiger partial charge in [0.25, 0.3) is 5.91 Å². The molecule has 0 aliphatic carbocycles. The van der Waals surface area contributed by atoms with Crippen LogP contribution in [0.5, 0.6) is 0 Å².